The van der Waals surface area contributed by atoms with Gasteiger partial charge in [0.1, 0.15) is 0 Å². The first-order valence-corrected chi connectivity index (χ1v) is 5.19. The van der Waals surface area contributed by atoms with E-state index in [0.29, 0.717) is 0 Å². The van der Waals surface area contributed by atoms with Crippen molar-refractivity contribution in [2.75, 3.05) is 20.0 Å². The van der Waals surface area contributed by atoms with Crippen LogP contribution in [0.25, 0.3) is 0 Å². The van der Waals surface area contributed by atoms with Crippen LogP contribution in [0, 0.1) is 0 Å². The lowest BCUT2D eigenvalue weighted by Crippen LogP contribution is -2.21. The third-order valence-electron chi connectivity index (χ3n) is 1.78. The van der Waals surface area contributed by atoms with Gasteiger partial charge in [-0.1, -0.05) is 0 Å². The topological polar surface area (TPSA) is 52.6 Å². The molecule has 0 atom stereocenters. The minimum absolute atomic E-state index is 0.155. The molecule has 1 aliphatic rings. The zero-order valence-electron chi connectivity index (χ0n) is 6.66. The lowest BCUT2D eigenvalue weighted by molar-refractivity contribution is 0.0394. The molecule has 0 heterocycles. The first-order chi connectivity index (χ1) is 4.97. The van der Waals surface area contributed by atoms with E-state index in [-0.39, 0.29) is 12.2 Å². The Balaban J connectivity index is 2.33. The zero-order chi connectivity index (χ0) is 8.54. The van der Waals surface area contributed by atoms with Crippen LogP contribution in [-0.4, -0.2) is 34.0 Å². The number of hydrogen-bond acceptors (Lipinski definition) is 4. The first kappa shape index (κ1) is 8.96. The highest BCUT2D eigenvalue weighted by molar-refractivity contribution is 7.85. The van der Waals surface area contributed by atoms with Crippen molar-refractivity contribution in [1.29, 1.82) is 0 Å². The molecule has 1 rings (SSSR count). The van der Waals surface area contributed by atoms with Gasteiger partial charge in [-0.3, -0.25) is 4.18 Å². The van der Waals surface area contributed by atoms with Gasteiger partial charge in [0.2, 0.25) is 0 Å². The van der Waals surface area contributed by atoms with E-state index in [2.05, 4.69) is 4.18 Å². The minimum atomic E-state index is -3.31. The van der Waals surface area contributed by atoms with Crippen LogP contribution in [0.1, 0.15) is 12.8 Å². The third kappa shape index (κ3) is 2.76. The maximum absolute atomic E-state index is 10.5. The molecule has 0 radical (unpaired) electrons. The van der Waals surface area contributed by atoms with E-state index >= 15 is 0 Å². The number of hydrogen-bond donors (Lipinski definition) is 0. The highest BCUT2D eigenvalue weighted by Crippen LogP contribution is 2.39. The maximum Gasteiger partial charge on any atom is 0.264 e. The largest absolute Gasteiger partial charge is 0.376 e. The Labute approximate surface area is 66.6 Å². The Hall–Kier alpha value is -0.130. The molecule has 11 heavy (non-hydrogen) atoms. The van der Waals surface area contributed by atoms with Gasteiger partial charge < -0.3 is 4.74 Å². The van der Waals surface area contributed by atoms with Crippen molar-refractivity contribution >= 4 is 10.1 Å². The van der Waals surface area contributed by atoms with Gasteiger partial charge in [-0.2, -0.15) is 8.42 Å². The van der Waals surface area contributed by atoms with Gasteiger partial charge in [-0.15, -0.1) is 0 Å². The molecule has 66 valence electrons. The fourth-order valence-electron chi connectivity index (χ4n) is 0.761. The van der Waals surface area contributed by atoms with Crippen molar-refractivity contribution in [3.05, 3.63) is 0 Å². The molecule has 0 amide bonds. The number of methoxy groups -OCH3 is 1. The summed E-state index contributed by atoms with van der Waals surface area (Å²) in [5.41, 5.74) is -0.302. The van der Waals surface area contributed by atoms with Gasteiger partial charge in [-0.25, -0.2) is 0 Å². The van der Waals surface area contributed by atoms with Crippen LogP contribution < -0.4 is 0 Å². The first-order valence-electron chi connectivity index (χ1n) is 3.37. The van der Waals surface area contributed by atoms with Crippen LogP contribution in [0.5, 0.6) is 0 Å². The van der Waals surface area contributed by atoms with Gasteiger partial charge in [0.25, 0.3) is 10.1 Å². The molecule has 0 aliphatic heterocycles. The summed E-state index contributed by atoms with van der Waals surface area (Å²) in [7, 11) is -1.74. The quantitative estimate of drug-likeness (QED) is 0.577. The van der Waals surface area contributed by atoms with Crippen LogP contribution >= 0.6 is 0 Å². The van der Waals surface area contributed by atoms with Crippen LogP contribution in [0.4, 0.5) is 0 Å². The lowest BCUT2D eigenvalue weighted by atomic mass is 10.4. The smallest absolute Gasteiger partial charge is 0.264 e. The lowest BCUT2D eigenvalue weighted by Gasteiger charge is -2.11. The maximum atomic E-state index is 10.5. The summed E-state index contributed by atoms with van der Waals surface area (Å²) in [6.07, 6.45) is 2.82. The van der Waals surface area contributed by atoms with Crippen molar-refractivity contribution in [2.24, 2.45) is 0 Å². The zero-order valence-corrected chi connectivity index (χ0v) is 7.48. The molecule has 5 heteroatoms. The highest BCUT2D eigenvalue weighted by Gasteiger charge is 2.44. The summed E-state index contributed by atoms with van der Waals surface area (Å²) in [6, 6.07) is 0. The Morgan fingerprint density at radius 1 is 1.45 bits per heavy atom. The molecule has 0 aromatic rings. The Morgan fingerprint density at radius 3 is 2.27 bits per heavy atom. The predicted molar refractivity (Wildman–Crippen MR) is 39.8 cm³/mol. The van der Waals surface area contributed by atoms with E-state index in [1.165, 1.54) is 0 Å². The summed E-state index contributed by atoms with van der Waals surface area (Å²) >= 11 is 0. The second-order valence-corrected chi connectivity index (χ2v) is 4.50. The van der Waals surface area contributed by atoms with Gasteiger partial charge in [0.15, 0.2) is 0 Å². The second kappa shape index (κ2) is 2.73. The van der Waals surface area contributed by atoms with Crippen molar-refractivity contribution < 1.29 is 17.3 Å². The predicted octanol–water partition coefficient (Wildman–Crippen LogP) is 0.142. The monoisotopic (exact) mass is 180 g/mol. The molecule has 0 spiro atoms. The van der Waals surface area contributed by atoms with Gasteiger partial charge in [-0.05, 0) is 12.8 Å². The summed E-state index contributed by atoms with van der Waals surface area (Å²) in [5, 5.41) is 0. The normalized spacial score (nSPS) is 21.6. The van der Waals surface area contributed by atoms with E-state index in [0.717, 1.165) is 19.1 Å². The molecular weight excluding hydrogens is 168 g/mol. The minimum Gasteiger partial charge on any atom is -0.376 e. The van der Waals surface area contributed by atoms with E-state index in [4.69, 9.17) is 4.74 Å². The molecule has 0 bridgehead atoms. The number of rotatable bonds is 4. The van der Waals surface area contributed by atoms with Gasteiger partial charge in [0.05, 0.1) is 18.5 Å². The van der Waals surface area contributed by atoms with Crippen LogP contribution in [-0.2, 0) is 19.0 Å². The second-order valence-electron chi connectivity index (χ2n) is 2.85. The SMILES string of the molecule is COC1(COS(C)(=O)=O)CC1. The Bertz CT molecular complexity index is 227. The average Bonchev–Trinajstić information content (AvgIpc) is 2.63. The van der Waals surface area contributed by atoms with Crippen molar-refractivity contribution in [1.82, 2.24) is 0 Å². The van der Waals surface area contributed by atoms with E-state index in [1.54, 1.807) is 7.11 Å². The van der Waals surface area contributed by atoms with Gasteiger partial charge in [0, 0.05) is 7.11 Å². The van der Waals surface area contributed by atoms with Crippen LogP contribution in [0.15, 0.2) is 0 Å². The average molecular weight is 180 g/mol. The summed E-state index contributed by atoms with van der Waals surface area (Å²) < 4.78 is 30.7. The van der Waals surface area contributed by atoms with Crippen LogP contribution in [0.2, 0.25) is 0 Å². The van der Waals surface area contributed by atoms with Crippen molar-refractivity contribution in [3.8, 4) is 0 Å². The highest BCUT2D eigenvalue weighted by atomic mass is 32.2. The van der Waals surface area contributed by atoms with Gasteiger partial charge >= 0.3 is 0 Å². The molecule has 4 nitrogen and oxygen atoms in total. The standard InChI is InChI=1S/C6H12O4S/c1-9-6(3-4-6)5-10-11(2,7)8/h3-5H2,1-2H3. The number of ether oxygens (including phenoxy) is 1. The molecule has 0 N–H and O–H groups in total. The molecule has 1 aliphatic carbocycles. The van der Waals surface area contributed by atoms with E-state index in [1.807, 2.05) is 0 Å². The Morgan fingerprint density at radius 2 is 2.00 bits per heavy atom. The molecule has 0 aromatic carbocycles. The van der Waals surface area contributed by atoms with Crippen molar-refractivity contribution in [2.45, 2.75) is 18.4 Å². The Kier molecular flexibility index (Phi) is 2.22. The molecule has 1 saturated carbocycles. The van der Waals surface area contributed by atoms with E-state index in [9.17, 15) is 8.42 Å². The summed E-state index contributed by atoms with van der Waals surface area (Å²) in [5.74, 6) is 0. The molecule has 1 fully saturated rings. The molecule has 0 saturated heterocycles. The molecule has 0 unspecified atom stereocenters. The molecular formula is C6H12O4S. The summed E-state index contributed by atoms with van der Waals surface area (Å²) in [6.45, 7) is 0.155. The van der Waals surface area contributed by atoms with Crippen molar-refractivity contribution in [3.63, 3.8) is 0 Å². The van der Waals surface area contributed by atoms with E-state index < -0.39 is 10.1 Å². The third-order valence-corrected chi connectivity index (χ3v) is 2.32. The fraction of sp³-hybridized carbons (Fsp3) is 1.00. The molecule has 0 aromatic heterocycles. The summed E-state index contributed by atoms with van der Waals surface area (Å²) in [4.78, 5) is 0. The fourth-order valence-corrected chi connectivity index (χ4v) is 1.19. The van der Waals surface area contributed by atoms with Crippen LogP contribution in [0.3, 0.4) is 0 Å².